The minimum atomic E-state index is -1.25. The molecule has 28 heavy (non-hydrogen) atoms. The second-order valence-electron chi connectivity index (χ2n) is 7.21. The van der Waals surface area contributed by atoms with Gasteiger partial charge in [0.2, 0.25) is 0 Å². The van der Waals surface area contributed by atoms with Crippen LogP contribution in [0.3, 0.4) is 0 Å². The number of cyclic esters (lactones) is 1. The Morgan fingerprint density at radius 2 is 2.07 bits per heavy atom. The molecule has 8 nitrogen and oxygen atoms in total. The number of unbranched alkanes of at least 4 members (excludes halogenated alkanes) is 3. The van der Waals surface area contributed by atoms with Crippen LogP contribution in [0.5, 0.6) is 0 Å². The molecule has 2 rings (SSSR count). The van der Waals surface area contributed by atoms with E-state index >= 15 is 0 Å². The van der Waals surface area contributed by atoms with Gasteiger partial charge < -0.3 is 19.3 Å². The summed E-state index contributed by atoms with van der Waals surface area (Å²) in [4.78, 5) is 38.4. The molecule has 2 aliphatic rings. The van der Waals surface area contributed by atoms with Gasteiger partial charge in [0.15, 0.2) is 18.0 Å². The highest BCUT2D eigenvalue weighted by Crippen LogP contribution is 2.25. The van der Waals surface area contributed by atoms with Gasteiger partial charge in [0.1, 0.15) is 12.4 Å². The molecule has 3 atom stereocenters. The maximum absolute atomic E-state index is 13.0. The van der Waals surface area contributed by atoms with Gasteiger partial charge in [-0.2, -0.15) is 0 Å². The Labute approximate surface area is 165 Å². The van der Waals surface area contributed by atoms with Crippen LogP contribution in [0.15, 0.2) is 24.0 Å². The zero-order valence-electron chi connectivity index (χ0n) is 16.6. The molecule has 1 saturated heterocycles. The predicted molar refractivity (Wildman–Crippen MR) is 100 cm³/mol. The molecule has 156 valence electrons. The second-order valence-corrected chi connectivity index (χ2v) is 7.21. The number of imide groups is 1. The van der Waals surface area contributed by atoms with E-state index in [1.165, 1.54) is 13.2 Å². The molecule has 0 aromatic heterocycles. The van der Waals surface area contributed by atoms with Crippen LogP contribution in [0.25, 0.3) is 0 Å². The number of methoxy groups -OCH3 is 1. The smallest absolute Gasteiger partial charge is 0.417 e. The number of allylic oxidation sites excluding steroid dienone is 2. The molecule has 0 aromatic carbocycles. The van der Waals surface area contributed by atoms with Crippen LogP contribution < -0.4 is 0 Å². The van der Waals surface area contributed by atoms with Crippen LogP contribution in [0.1, 0.15) is 39.5 Å². The summed E-state index contributed by atoms with van der Waals surface area (Å²) in [5.74, 6) is -0.552. The summed E-state index contributed by atoms with van der Waals surface area (Å²) in [6.45, 7) is 4.06. The van der Waals surface area contributed by atoms with E-state index in [0.717, 1.165) is 30.6 Å². The SMILES string of the molecule is CO[C@@H](C(=O)N1C(=O)OC[C@H]1C(C)C)[C@H]1OC(=CCCCCCO)C=CC1=O. The second kappa shape index (κ2) is 10.4. The lowest BCUT2D eigenvalue weighted by Crippen LogP contribution is -2.53. The molecule has 0 aromatic rings. The first kappa shape index (κ1) is 22.1. The molecule has 1 N–H and O–H groups in total. The molecule has 2 heterocycles. The fourth-order valence-electron chi connectivity index (χ4n) is 3.18. The summed E-state index contributed by atoms with van der Waals surface area (Å²) in [7, 11) is 1.31. The van der Waals surface area contributed by atoms with E-state index in [2.05, 4.69) is 0 Å². The van der Waals surface area contributed by atoms with Crippen LogP contribution in [0, 0.1) is 5.92 Å². The maximum Gasteiger partial charge on any atom is 0.417 e. The normalized spacial score (nSPS) is 24.6. The number of hydrogen-bond acceptors (Lipinski definition) is 7. The number of amides is 2. The van der Waals surface area contributed by atoms with Crippen LogP contribution in [-0.2, 0) is 23.8 Å². The van der Waals surface area contributed by atoms with Gasteiger partial charge in [-0.15, -0.1) is 0 Å². The van der Waals surface area contributed by atoms with E-state index in [4.69, 9.17) is 19.3 Å². The van der Waals surface area contributed by atoms with Crippen molar-refractivity contribution in [1.82, 2.24) is 4.90 Å². The summed E-state index contributed by atoms with van der Waals surface area (Å²) in [6.07, 6.45) is 4.84. The molecule has 8 heteroatoms. The number of ketones is 1. The average molecular weight is 395 g/mol. The van der Waals surface area contributed by atoms with Crippen molar-refractivity contribution in [2.24, 2.45) is 5.92 Å². The summed E-state index contributed by atoms with van der Waals surface area (Å²) in [5, 5.41) is 8.81. The molecule has 0 radical (unpaired) electrons. The van der Waals surface area contributed by atoms with Gasteiger partial charge in [-0.1, -0.05) is 20.3 Å². The molecule has 0 bridgehead atoms. The van der Waals surface area contributed by atoms with Crippen molar-refractivity contribution >= 4 is 17.8 Å². The Balaban J connectivity index is 2.10. The quantitative estimate of drug-likeness (QED) is 0.595. The van der Waals surface area contributed by atoms with Crippen molar-refractivity contribution in [2.45, 2.75) is 57.8 Å². The first-order valence-corrected chi connectivity index (χ1v) is 9.63. The fourth-order valence-corrected chi connectivity index (χ4v) is 3.18. The number of rotatable bonds is 9. The molecule has 0 aliphatic carbocycles. The van der Waals surface area contributed by atoms with Crippen molar-refractivity contribution in [2.75, 3.05) is 20.3 Å². The lowest BCUT2D eigenvalue weighted by molar-refractivity contribution is -0.154. The maximum atomic E-state index is 13.0. The number of aliphatic hydroxyl groups excluding tert-OH is 1. The molecule has 1 fully saturated rings. The Morgan fingerprint density at radius 1 is 1.32 bits per heavy atom. The van der Waals surface area contributed by atoms with Crippen LogP contribution in [-0.4, -0.2) is 66.4 Å². The Morgan fingerprint density at radius 3 is 2.71 bits per heavy atom. The Hall–Kier alpha value is -2.19. The number of ether oxygens (including phenoxy) is 3. The van der Waals surface area contributed by atoms with Crippen LogP contribution in [0.4, 0.5) is 4.79 Å². The highest BCUT2D eigenvalue weighted by molar-refractivity contribution is 6.03. The Bertz CT molecular complexity index is 640. The Kier molecular flexibility index (Phi) is 8.19. The first-order chi connectivity index (χ1) is 13.4. The summed E-state index contributed by atoms with van der Waals surface area (Å²) >= 11 is 0. The first-order valence-electron chi connectivity index (χ1n) is 9.63. The summed E-state index contributed by atoms with van der Waals surface area (Å²) < 4.78 is 16.0. The van der Waals surface area contributed by atoms with E-state index < -0.39 is 36.0 Å². The molecular weight excluding hydrogens is 366 g/mol. The standard InChI is InChI=1S/C20H29NO7/c1-13(2)15-12-27-20(25)21(15)19(24)18(26-3)17-16(23)10-9-14(28-17)8-6-4-5-7-11-22/h8-10,13,15,17-18,22H,4-7,11-12H2,1-3H3/t15-,17-,18+/m0/s1. The van der Waals surface area contributed by atoms with E-state index in [-0.39, 0.29) is 19.1 Å². The van der Waals surface area contributed by atoms with Crippen LogP contribution >= 0.6 is 0 Å². The van der Waals surface area contributed by atoms with Gasteiger partial charge >= 0.3 is 6.09 Å². The topological polar surface area (TPSA) is 102 Å². The van der Waals surface area contributed by atoms with E-state index in [9.17, 15) is 14.4 Å². The van der Waals surface area contributed by atoms with Crippen molar-refractivity contribution in [3.8, 4) is 0 Å². The summed E-state index contributed by atoms with van der Waals surface area (Å²) in [5.41, 5.74) is 0. The van der Waals surface area contributed by atoms with Gasteiger partial charge in [0.05, 0.1) is 6.04 Å². The number of carbonyl (C=O) groups is 3. The van der Waals surface area contributed by atoms with Crippen molar-refractivity contribution in [3.05, 3.63) is 24.0 Å². The number of hydrogen-bond donors (Lipinski definition) is 1. The van der Waals surface area contributed by atoms with E-state index in [1.807, 2.05) is 19.9 Å². The lowest BCUT2D eigenvalue weighted by Gasteiger charge is -2.31. The van der Waals surface area contributed by atoms with Crippen molar-refractivity contribution < 1.29 is 33.7 Å². The van der Waals surface area contributed by atoms with Gasteiger partial charge in [0, 0.05) is 13.7 Å². The number of nitrogens with zero attached hydrogens (tertiary/aromatic N) is 1. The minimum absolute atomic E-state index is 0.00477. The molecular formula is C20H29NO7. The van der Waals surface area contributed by atoms with Gasteiger partial charge in [0.25, 0.3) is 5.91 Å². The predicted octanol–water partition coefficient (Wildman–Crippen LogP) is 1.97. The minimum Gasteiger partial charge on any atom is -0.479 e. The third kappa shape index (κ3) is 5.20. The van der Waals surface area contributed by atoms with E-state index in [1.54, 1.807) is 6.08 Å². The number of carbonyl (C=O) groups excluding carboxylic acids is 3. The van der Waals surface area contributed by atoms with Crippen molar-refractivity contribution in [3.63, 3.8) is 0 Å². The molecule has 0 saturated carbocycles. The lowest BCUT2D eigenvalue weighted by atomic mass is 10.0. The largest absolute Gasteiger partial charge is 0.479 e. The molecule has 2 amide bonds. The third-order valence-electron chi connectivity index (χ3n) is 4.85. The highest BCUT2D eigenvalue weighted by atomic mass is 16.6. The molecule has 2 aliphatic heterocycles. The number of aliphatic hydroxyl groups is 1. The fraction of sp³-hybridized carbons (Fsp3) is 0.650. The van der Waals surface area contributed by atoms with Gasteiger partial charge in [-0.25, -0.2) is 9.69 Å². The monoisotopic (exact) mass is 395 g/mol. The zero-order valence-corrected chi connectivity index (χ0v) is 16.6. The summed E-state index contributed by atoms with van der Waals surface area (Å²) in [6, 6.07) is -0.409. The van der Waals surface area contributed by atoms with Gasteiger partial charge in [-0.05, 0) is 43.4 Å². The third-order valence-corrected chi connectivity index (χ3v) is 4.85. The average Bonchev–Trinajstić information content (AvgIpc) is 3.06. The molecule has 0 unspecified atom stereocenters. The molecule has 0 spiro atoms. The highest BCUT2D eigenvalue weighted by Gasteiger charge is 2.47. The van der Waals surface area contributed by atoms with Crippen molar-refractivity contribution in [1.29, 1.82) is 0 Å². The van der Waals surface area contributed by atoms with E-state index in [0.29, 0.717) is 5.76 Å². The van der Waals surface area contributed by atoms with Crippen LogP contribution in [0.2, 0.25) is 0 Å². The van der Waals surface area contributed by atoms with Gasteiger partial charge in [-0.3, -0.25) is 9.59 Å². The zero-order chi connectivity index (χ0) is 20.7.